The van der Waals surface area contributed by atoms with E-state index in [-0.39, 0.29) is 0 Å². The minimum Gasteiger partial charge on any atom is -0.432 e. The average molecular weight is 265 g/mol. The van der Waals surface area contributed by atoms with E-state index in [2.05, 4.69) is 36.0 Å². The topological polar surface area (TPSA) is 41.3 Å². The highest BCUT2D eigenvalue weighted by molar-refractivity contribution is 5.29. The summed E-state index contributed by atoms with van der Waals surface area (Å²) in [5, 5.41) is 3.37. The molecule has 1 aliphatic heterocycles. The standard InChI is InChI=1S/C15H27N3O/c1-4-14-8-6-5-7-9-18(14)15-17-13(11-19-15)10-16-12(2)3/h11-12,14,16H,4-10H2,1-3H3. The highest BCUT2D eigenvalue weighted by Gasteiger charge is 2.23. The molecule has 0 radical (unpaired) electrons. The Labute approximate surface area is 116 Å². The molecule has 2 heterocycles. The normalized spacial score (nSPS) is 20.8. The first-order valence-corrected chi connectivity index (χ1v) is 7.65. The van der Waals surface area contributed by atoms with Crippen LogP contribution in [0.2, 0.25) is 0 Å². The van der Waals surface area contributed by atoms with Gasteiger partial charge in [-0.05, 0) is 19.3 Å². The molecule has 19 heavy (non-hydrogen) atoms. The Balaban J connectivity index is 2.02. The molecule has 1 unspecified atom stereocenters. The lowest BCUT2D eigenvalue weighted by Crippen LogP contribution is -2.34. The van der Waals surface area contributed by atoms with Crippen molar-refractivity contribution in [1.29, 1.82) is 0 Å². The molecule has 1 aliphatic rings. The van der Waals surface area contributed by atoms with Crippen molar-refractivity contribution in [2.24, 2.45) is 0 Å². The minimum absolute atomic E-state index is 0.474. The molecule has 1 atom stereocenters. The first-order chi connectivity index (χ1) is 9.20. The number of nitrogens with zero attached hydrogens (tertiary/aromatic N) is 2. The van der Waals surface area contributed by atoms with Gasteiger partial charge in [0.15, 0.2) is 0 Å². The number of oxazole rings is 1. The van der Waals surface area contributed by atoms with E-state index in [4.69, 9.17) is 4.42 Å². The molecule has 0 aliphatic carbocycles. The fourth-order valence-electron chi connectivity index (χ4n) is 2.67. The smallest absolute Gasteiger partial charge is 0.297 e. The number of hydrogen-bond acceptors (Lipinski definition) is 4. The lowest BCUT2D eigenvalue weighted by molar-refractivity contribution is 0.478. The van der Waals surface area contributed by atoms with Crippen molar-refractivity contribution in [3.63, 3.8) is 0 Å². The fourth-order valence-corrected chi connectivity index (χ4v) is 2.67. The lowest BCUT2D eigenvalue weighted by atomic mass is 10.1. The number of nitrogens with one attached hydrogen (secondary N) is 1. The maximum atomic E-state index is 5.70. The molecule has 1 fully saturated rings. The molecule has 0 saturated carbocycles. The Morgan fingerprint density at radius 2 is 2.26 bits per heavy atom. The van der Waals surface area contributed by atoms with E-state index in [9.17, 15) is 0 Å². The van der Waals surface area contributed by atoms with E-state index in [0.717, 1.165) is 24.8 Å². The molecule has 0 spiro atoms. The predicted octanol–water partition coefficient (Wildman–Crippen LogP) is 3.33. The summed E-state index contributed by atoms with van der Waals surface area (Å²) in [4.78, 5) is 7.01. The zero-order chi connectivity index (χ0) is 13.7. The van der Waals surface area contributed by atoms with Crippen molar-refractivity contribution in [2.75, 3.05) is 11.4 Å². The second-order valence-corrected chi connectivity index (χ2v) is 5.76. The highest BCUT2D eigenvalue weighted by atomic mass is 16.4. The first kappa shape index (κ1) is 14.4. The number of hydrogen-bond donors (Lipinski definition) is 1. The summed E-state index contributed by atoms with van der Waals surface area (Å²) in [6.07, 6.45) is 8.13. The fraction of sp³-hybridized carbons (Fsp3) is 0.800. The van der Waals surface area contributed by atoms with Crippen LogP contribution in [-0.2, 0) is 6.54 Å². The van der Waals surface area contributed by atoms with Gasteiger partial charge in [0.2, 0.25) is 0 Å². The lowest BCUT2D eigenvalue weighted by Gasteiger charge is -2.27. The number of anilines is 1. The van der Waals surface area contributed by atoms with E-state index in [1.807, 2.05) is 0 Å². The van der Waals surface area contributed by atoms with Crippen LogP contribution < -0.4 is 10.2 Å². The van der Waals surface area contributed by atoms with Crippen LogP contribution in [0.3, 0.4) is 0 Å². The molecule has 1 saturated heterocycles. The van der Waals surface area contributed by atoms with Crippen molar-refractivity contribution in [1.82, 2.24) is 10.3 Å². The average Bonchev–Trinajstić information content (AvgIpc) is 2.73. The third-order valence-electron chi connectivity index (χ3n) is 3.83. The van der Waals surface area contributed by atoms with Gasteiger partial charge in [0.1, 0.15) is 6.26 Å². The van der Waals surface area contributed by atoms with Crippen LogP contribution in [0.25, 0.3) is 0 Å². The van der Waals surface area contributed by atoms with Gasteiger partial charge >= 0.3 is 0 Å². The van der Waals surface area contributed by atoms with Gasteiger partial charge in [0, 0.05) is 25.2 Å². The number of rotatable bonds is 5. The van der Waals surface area contributed by atoms with E-state index in [0.29, 0.717) is 12.1 Å². The highest BCUT2D eigenvalue weighted by Crippen LogP contribution is 2.25. The van der Waals surface area contributed by atoms with Gasteiger partial charge in [0.05, 0.1) is 5.69 Å². The molecule has 1 aromatic rings. The minimum atomic E-state index is 0.474. The maximum Gasteiger partial charge on any atom is 0.297 e. The summed E-state index contributed by atoms with van der Waals surface area (Å²) >= 11 is 0. The van der Waals surface area contributed by atoms with E-state index in [1.54, 1.807) is 6.26 Å². The second-order valence-electron chi connectivity index (χ2n) is 5.76. The molecule has 2 rings (SSSR count). The van der Waals surface area contributed by atoms with Gasteiger partial charge in [-0.15, -0.1) is 0 Å². The van der Waals surface area contributed by atoms with E-state index >= 15 is 0 Å². The summed E-state index contributed by atoms with van der Waals surface area (Å²) in [6.45, 7) is 8.40. The molecule has 0 aromatic carbocycles. The second kappa shape index (κ2) is 6.94. The summed E-state index contributed by atoms with van der Waals surface area (Å²) in [5.74, 6) is 0. The molecule has 1 aromatic heterocycles. The van der Waals surface area contributed by atoms with Crippen LogP contribution in [0.4, 0.5) is 6.01 Å². The van der Waals surface area contributed by atoms with Crippen molar-refractivity contribution in [3.8, 4) is 0 Å². The summed E-state index contributed by atoms with van der Waals surface area (Å²) in [7, 11) is 0. The van der Waals surface area contributed by atoms with Crippen molar-refractivity contribution in [2.45, 2.75) is 71.5 Å². The molecule has 0 amide bonds. The number of aromatic nitrogens is 1. The first-order valence-electron chi connectivity index (χ1n) is 7.65. The zero-order valence-electron chi connectivity index (χ0n) is 12.5. The van der Waals surface area contributed by atoms with E-state index in [1.165, 1.54) is 32.1 Å². The largest absolute Gasteiger partial charge is 0.432 e. The van der Waals surface area contributed by atoms with Crippen LogP contribution in [0.5, 0.6) is 0 Å². The summed E-state index contributed by atoms with van der Waals surface area (Å²) < 4.78 is 5.70. The van der Waals surface area contributed by atoms with Gasteiger partial charge in [-0.1, -0.05) is 33.6 Å². The molecule has 108 valence electrons. The van der Waals surface area contributed by atoms with Gasteiger partial charge in [-0.2, -0.15) is 4.98 Å². The maximum absolute atomic E-state index is 5.70. The van der Waals surface area contributed by atoms with Gasteiger partial charge < -0.3 is 14.6 Å². The quantitative estimate of drug-likeness (QED) is 0.886. The summed E-state index contributed by atoms with van der Waals surface area (Å²) in [6, 6.07) is 1.88. The Kier molecular flexibility index (Phi) is 5.25. The Bertz CT molecular complexity index is 375. The third kappa shape index (κ3) is 3.96. The van der Waals surface area contributed by atoms with Crippen LogP contribution in [-0.4, -0.2) is 23.6 Å². The zero-order valence-corrected chi connectivity index (χ0v) is 12.5. The van der Waals surface area contributed by atoms with Crippen molar-refractivity contribution >= 4 is 6.01 Å². The summed E-state index contributed by atoms with van der Waals surface area (Å²) in [5.41, 5.74) is 1.00. The Hall–Kier alpha value is -1.03. The molecular weight excluding hydrogens is 238 g/mol. The van der Waals surface area contributed by atoms with Gasteiger partial charge in [-0.3, -0.25) is 0 Å². The van der Waals surface area contributed by atoms with Gasteiger partial charge in [0.25, 0.3) is 6.01 Å². The van der Waals surface area contributed by atoms with Crippen molar-refractivity contribution in [3.05, 3.63) is 12.0 Å². The molecule has 1 N–H and O–H groups in total. The molecule has 0 bridgehead atoms. The molecule has 4 nitrogen and oxygen atoms in total. The van der Waals surface area contributed by atoms with Crippen LogP contribution in [0.1, 0.15) is 58.6 Å². The van der Waals surface area contributed by atoms with Gasteiger partial charge in [-0.25, -0.2) is 0 Å². The molecular formula is C15H27N3O. The Morgan fingerprint density at radius 1 is 1.42 bits per heavy atom. The van der Waals surface area contributed by atoms with Crippen LogP contribution in [0, 0.1) is 0 Å². The van der Waals surface area contributed by atoms with Crippen LogP contribution >= 0.6 is 0 Å². The van der Waals surface area contributed by atoms with E-state index < -0.39 is 0 Å². The SMILES string of the molecule is CCC1CCCCCN1c1nc(CNC(C)C)co1. The Morgan fingerprint density at radius 3 is 3.00 bits per heavy atom. The third-order valence-corrected chi connectivity index (χ3v) is 3.83. The molecule has 4 heteroatoms. The monoisotopic (exact) mass is 265 g/mol. The van der Waals surface area contributed by atoms with Crippen LogP contribution in [0.15, 0.2) is 10.7 Å². The van der Waals surface area contributed by atoms with Crippen molar-refractivity contribution < 1.29 is 4.42 Å². The predicted molar refractivity (Wildman–Crippen MR) is 78.4 cm³/mol.